The number of allylic oxidation sites excluding steroid dienone is 2. The van der Waals surface area contributed by atoms with Gasteiger partial charge in [-0.25, -0.2) is 0 Å². The second-order valence-electron chi connectivity index (χ2n) is 17.1. The number of nitrogens with zero attached hydrogens (tertiary/aromatic N) is 4. The van der Waals surface area contributed by atoms with Crippen LogP contribution in [-0.2, 0) is 5.41 Å². The highest BCUT2D eigenvalue weighted by Gasteiger charge is 2.46. The van der Waals surface area contributed by atoms with Crippen molar-refractivity contribution in [3.63, 3.8) is 0 Å². The van der Waals surface area contributed by atoms with E-state index in [-0.39, 0.29) is 11.5 Å². The van der Waals surface area contributed by atoms with Crippen molar-refractivity contribution in [3.05, 3.63) is 235 Å². The van der Waals surface area contributed by atoms with E-state index >= 15 is 0 Å². The highest BCUT2D eigenvalue weighted by molar-refractivity contribution is 6.09. The number of hydrogen-bond acceptors (Lipinski definition) is 3. The molecule has 0 bridgehead atoms. The average molecular weight is 801 g/mol. The minimum absolute atomic E-state index is 0.104. The molecule has 4 heteroatoms. The first-order valence-electron chi connectivity index (χ1n) is 21.6. The maximum atomic E-state index is 2.52. The molecule has 2 atom stereocenters. The van der Waals surface area contributed by atoms with Gasteiger partial charge in [-0.05, 0) is 165 Å². The summed E-state index contributed by atoms with van der Waals surface area (Å²) in [5.74, 6) is 0. The molecule has 300 valence electrons. The summed E-state index contributed by atoms with van der Waals surface area (Å²) in [6, 6.07) is 69.1. The SMILES string of the molecule is Cc1cccc(N(c2ccccc2)c2ccc(N(c3ccc(N4c5cc(C)ccc5C5(C)C=CC=CC45)cc3)c3ccc(-n4c5ccccc5c5ccc(C)cc54)cc3)cc2)c1. The molecule has 11 rings (SSSR count). The molecule has 4 nitrogen and oxygen atoms in total. The van der Waals surface area contributed by atoms with Crippen LogP contribution in [0.25, 0.3) is 27.5 Å². The van der Waals surface area contributed by atoms with Crippen LogP contribution in [0.5, 0.6) is 0 Å². The molecule has 2 unspecified atom stereocenters. The quantitative estimate of drug-likeness (QED) is 0.152. The predicted octanol–water partition coefficient (Wildman–Crippen LogP) is 15.6. The molecule has 0 saturated carbocycles. The van der Waals surface area contributed by atoms with Gasteiger partial charge in [0.15, 0.2) is 0 Å². The summed E-state index contributed by atoms with van der Waals surface area (Å²) in [5.41, 5.74) is 17.6. The van der Waals surface area contributed by atoms with Crippen LogP contribution in [0.15, 0.2) is 212 Å². The fourth-order valence-corrected chi connectivity index (χ4v) is 9.93. The van der Waals surface area contributed by atoms with Crippen molar-refractivity contribution in [2.75, 3.05) is 14.7 Å². The van der Waals surface area contributed by atoms with Gasteiger partial charge < -0.3 is 19.3 Å². The number of benzene rings is 8. The zero-order valence-electron chi connectivity index (χ0n) is 35.6. The molecule has 1 aliphatic heterocycles. The van der Waals surface area contributed by atoms with Gasteiger partial charge in [-0.2, -0.15) is 0 Å². The number of aromatic nitrogens is 1. The van der Waals surface area contributed by atoms with Gasteiger partial charge in [-0.1, -0.05) is 97.1 Å². The normalized spacial score (nSPS) is 16.5. The molecule has 9 aromatic rings. The Balaban J connectivity index is 1.02. The minimum atomic E-state index is -0.104. The lowest BCUT2D eigenvalue weighted by Gasteiger charge is -2.35. The Hall–Kier alpha value is -7.56. The fraction of sp³-hybridized carbons (Fsp3) is 0.103. The maximum Gasteiger partial charge on any atom is 0.0655 e. The summed E-state index contributed by atoms with van der Waals surface area (Å²) in [6.07, 6.45) is 9.11. The number of aryl methyl sites for hydroxylation is 3. The number of fused-ring (bicyclic) bond motifs is 6. The third-order valence-corrected chi connectivity index (χ3v) is 13.0. The van der Waals surface area contributed by atoms with E-state index in [1.165, 1.54) is 55.4 Å². The van der Waals surface area contributed by atoms with Gasteiger partial charge in [-0.15, -0.1) is 0 Å². The molecule has 62 heavy (non-hydrogen) atoms. The molecule has 0 spiro atoms. The Morgan fingerprint density at radius 3 is 1.69 bits per heavy atom. The monoisotopic (exact) mass is 800 g/mol. The molecule has 1 aromatic heterocycles. The van der Waals surface area contributed by atoms with Crippen LogP contribution >= 0.6 is 0 Å². The molecular weight excluding hydrogens is 753 g/mol. The Kier molecular flexibility index (Phi) is 8.97. The van der Waals surface area contributed by atoms with Crippen LogP contribution in [0.4, 0.5) is 45.5 Å². The standard InChI is InChI=1S/C58H48N4/c1-40-13-12-16-50(37-40)60(43-14-6-5-7-15-43)47-24-22-44(23-25-47)59(45-26-30-48(31-27-45)61-54-18-9-8-17-51(54)52-34-20-41(2)38-55(52)61)46-28-32-49(33-29-46)62-56-39-42(3)21-35-53(56)58(4)36-11-10-19-57(58)62/h5-39,57H,1-4H3. The molecule has 2 aliphatic rings. The summed E-state index contributed by atoms with van der Waals surface area (Å²) in [6.45, 7) is 8.88. The largest absolute Gasteiger partial charge is 0.333 e. The second kappa shape index (κ2) is 14.9. The van der Waals surface area contributed by atoms with Crippen molar-refractivity contribution in [2.45, 2.75) is 39.2 Å². The van der Waals surface area contributed by atoms with Crippen LogP contribution in [0.1, 0.15) is 29.2 Å². The lowest BCUT2D eigenvalue weighted by molar-refractivity contribution is 0.551. The number of para-hydroxylation sites is 2. The third-order valence-electron chi connectivity index (χ3n) is 13.0. The summed E-state index contributed by atoms with van der Waals surface area (Å²) >= 11 is 0. The fourth-order valence-electron chi connectivity index (χ4n) is 9.93. The van der Waals surface area contributed by atoms with Crippen molar-refractivity contribution in [2.24, 2.45) is 0 Å². The zero-order chi connectivity index (χ0) is 42.0. The minimum Gasteiger partial charge on any atom is -0.333 e. The lowest BCUT2D eigenvalue weighted by atomic mass is 9.76. The molecule has 0 N–H and O–H groups in total. The van der Waals surface area contributed by atoms with Gasteiger partial charge in [0.1, 0.15) is 0 Å². The highest BCUT2D eigenvalue weighted by Crippen LogP contribution is 2.52. The first-order valence-corrected chi connectivity index (χ1v) is 21.6. The summed E-state index contributed by atoms with van der Waals surface area (Å²) in [4.78, 5) is 7.23. The van der Waals surface area contributed by atoms with Crippen LogP contribution in [0, 0.1) is 20.8 Å². The van der Waals surface area contributed by atoms with E-state index < -0.39 is 0 Å². The molecular formula is C58H48N4. The molecule has 0 fully saturated rings. The van der Waals surface area contributed by atoms with Crippen molar-refractivity contribution < 1.29 is 0 Å². The molecule has 0 radical (unpaired) electrons. The Labute approximate surface area is 364 Å². The van der Waals surface area contributed by atoms with Gasteiger partial charge in [0.2, 0.25) is 0 Å². The Morgan fingerprint density at radius 2 is 0.984 bits per heavy atom. The van der Waals surface area contributed by atoms with Crippen molar-refractivity contribution in [1.82, 2.24) is 4.57 Å². The van der Waals surface area contributed by atoms with Crippen LogP contribution < -0.4 is 14.7 Å². The van der Waals surface area contributed by atoms with Crippen molar-refractivity contribution >= 4 is 67.3 Å². The smallest absolute Gasteiger partial charge is 0.0655 e. The third kappa shape index (κ3) is 6.21. The van der Waals surface area contributed by atoms with Crippen LogP contribution in [0.3, 0.4) is 0 Å². The predicted molar refractivity (Wildman–Crippen MR) is 262 cm³/mol. The van der Waals surface area contributed by atoms with Crippen molar-refractivity contribution in [3.8, 4) is 5.69 Å². The van der Waals surface area contributed by atoms with E-state index in [9.17, 15) is 0 Å². The molecule has 1 aliphatic carbocycles. The van der Waals surface area contributed by atoms with Gasteiger partial charge in [-0.3, -0.25) is 0 Å². The summed E-state index contributed by atoms with van der Waals surface area (Å²) < 4.78 is 2.40. The van der Waals surface area contributed by atoms with Crippen molar-refractivity contribution in [1.29, 1.82) is 0 Å². The lowest BCUT2D eigenvalue weighted by Crippen LogP contribution is -2.39. The average Bonchev–Trinajstić information content (AvgIpc) is 3.76. The van der Waals surface area contributed by atoms with Gasteiger partial charge >= 0.3 is 0 Å². The second-order valence-corrected chi connectivity index (χ2v) is 17.1. The van der Waals surface area contributed by atoms with Crippen LogP contribution in [-0.4, -0.2) is 10.6 Å². The molecule has 2 heterocycles. The van der Waals surface area contributed by atoms with Gasteiger partial charge in [0.25, 0.3) is 0 Å². The first kappa shape index (κ1) is 37.4. The van der Waals surface area contributed by atoms with E-state index in [1.54, 1.807) is 0 Å². The van der Waals surface area contributed by atoms with E-state index in [1.807, 2.05) is 0 Å². The summed E-state index contributed by atoms with van der Waals surface area (Å²) in [5, 5.41) is 2.53. The number of hydrogen-bond donors (Lipinski definition) is 0. The maximum absolute atomic E-state index is 2.52. The van der Waals surface area contributed by atoms with Crippen LogP contribution in [0.2, 0.25) is 0 Å². The Bertz CT molecular complexity index is 3180. The highest BCUT2D eigenvalue weighted by atomic mass is 15.2. The van der Waals surface area contributed by atoms with E-state index in [4.69, 9.17) is 0 Å². The molecule has 0 amide bonds. The number of anilines is 8. The molecule has 8 aromatic carbocycles. The van der Waals surface area contributed by atoms with Gasteiger partial charge in [0.05, 0.1) is 17.1 Å². The summed E-state index contributed by atoms with van der Waals surface area (Å²) in [7, 11) is 0. The van der Waals surface area contributed by atoms with E-state index in [2.05, 4.69) is 259 Å². The Morgan fingerprint density at radius 1 is 0.435 bits per heavy atom. The van der Waals surface area contributed by atoms with Gasteiger partial charge in [0, 0.05) is 67.4 Å². The number of rotatable bonds is 8. The molecule has 0 saturated heterocycles. The zero-order valence-corrected chi connectivity index (χ0v) is 35.6. The van der Waals surface area contributed by atoms with E-state index in [0.717, 1.165) is 39.8 Å². The topological polar surface area (TPSA) is 14.7 Å². The van der Waals surface area contributed by atoms with E-state index in [0.29, 0.717) is 0 Å². The first-order chi connectivity index (χ1) is 30.3.